The predicted molar refractivity (Wildman–Crippen MR) is 129 cm³/mol. The molecule has 4 aromatic rings. The van der Waals surface area contributed by atoms with Crippen molar-refractivity contribution in [3.63, 3.8) is 0 Å². The molecule has 36 heavy (non-hydrogen) atoms. The first-order valence-electron chi connectivity index (χ1n) is 10.9. The topological polar surface area (TPSA) is 100.0 Å². The smallest absolute Gasteiger partial charge is 0.364 e. The number of primary amides is 1. The van der Waals surface area contributed by atoms with Crippen LogP contribution in [0.4, 0.5) is 13.2 Å². The SMILES string of the molecule is CCC(=O)c1c(-c2ccccc2)c2cc(Cl)ccc2c(=O)n1Cc1cc(C(N)=O)n(CC(F)(F)F)n1. The Morgan fingerprint density at radius 1 is 1.06 bits per heavy atom. The number of carbonyl (C=O) groups is 2. The van der Waals surface area contributed by atoms with Gasteiger partial charge in [0.25, 0.3) is 11.5 Å². The number of pyridine rings is 1. The molecule has 2 heterocycles. The maximum atomic E-state index is 13.6. The Morgan fingerprint density at radius 3 is 2.36 bits per heavy atom. The molecule has 0 unspecified atom stereocenters. The van der Waals surface area contributed by atoms with E-state index in [0.29, 0.717) is 26.2 Å². The lowest BCUT2D eigenvalue weighted by Gasteiger charge is -2.19. The fourth-order valence-corrected chi connectivity index (χ4v) is 4.29. The number of carbonyl (C=O) groups excluding carboxylic acids is 2. The van der Waals surface area contributed by atoms with Gasteiger partial charge in [0, 0.05) is 22.4 Å². The zero-order chi connectivity index (χ0) is 26.2. The molecule has 11 heteroatoms. The Bertz CT molecular complexity index is 1540. The number of amides is 1. The van der Waals surface area contributed by atoms with Crippen molar-refractivity contribution in [1.82, 2.24) is 14.3 Å². The van der Waals surface area contributed by atoms with Crippen LogP contribution in [-0.4, -0.2) is 32.2 Å². The number of hydrogen-bond acceptors (Lipinski definition) is 4. The molecule has 0 atom stereocenters. The van der Waals surface area contributed by atoms with E-state index in [2.05, 4.69) is 5.10 Å². The largest absolute Gasteiger partial charge is 0.408 e. The van der Waals surface area contributed by atoms with Crippen LogP contribution >= 0.6 is 11.6 Å². The summed E-state index contributed by atoms with van der Waals surface area (Å²) in [5.41, 5.74) is 5.38. The third-order valence-electron chi connectivity index (χ3n) is 5.61. The number of ketones is 1. The van der Waals surface area contributed by atoms with Gasteiger partial charge in [-0.1, -0.05) is 48.9 Å². The number of Topliss-reactive ketones (excluding diaryl/α,β-unsaturated/α-hetero) is 1. The van der Waals surface area contributed by atoms with E-state index < -0.39 is 29.9 Å². The van der Waals surface area contributed by atoms with Crippen molar-refractivity contribution in [2.24, 2.45) is 5.73 Å². The lowest BCUT2D eigenvalue weighted by molar-refractivity contribution is -0.142. The van der Waals surface area contributed by atoms with E-state index in [1.54, 1.807) is 43.3 Å². The molecule has 0 fully saturated rings. The van der Waals surface area contributed by atoms with Gasteiger partial charge < -0.3 is 5.73 Å². The second-order valence-corrected chi connectivity index (χ2v) is 8.54. The van der Waals surface area contributed by atoms with E-state index in [0.717, 1.165) is 6.07 Å². The van der Waals surface area contributed by atoms with Crippen molar-refractivity contribution in [1.29, 1.82) is 0 Å². The molecule has 2 aromatic heterocycles. The van der Waals surface area contributed by atoms with E-state index in [1.807, 2.05) is 0 Å². The maximum Gasteiger partial charge on any atom is 0.408 e. The lowest BCUT2D eigenvalue weighted by atomic mass is 9.94. The number of halogens is 4. The summed E-state index contributed by atoms with van der Waals surface area (Å²) in [6.07, 6.45) is -4.60. The normalized spacial score (nSPS) is 11.7. The van der Waals surface area contributed by atoms with Gasteiger partial charge in [-0.3, -0.25) is 23.6 Å². The Balaban J connectivity index is 2.02. The van der Waals surface area contributed by atoms with Crippen LogP contribution in [0.25, 0.3) is 21.9 Å². The summed E-state index contributed by atoms with van der Waals surface area (Å²) in [6, 6.07) is 14.7. The first-order valence-corrected chi connectivity index (χ1v) is 11.3. The van der Waals surface area contributed by atoms with Crippen LogP contribution in [-0.2, 0) is 13.1 Å². The number of benzene rings is 2. The quantitative estimate of drug-likeness (QED) is 0.356. The van der Waals surface area contributed by atoms with E-state index in [4.69, 9.17) is 17.3 Å². The van der Waals surface area contributed by atoms with Gasteiger partial charge in [-0.15, -0.1) is 0 Å². The molecule has 0 bridgehead atoms. The first-order chi connectivity index (χ1) is 17.0. The summed E-state index contributed by atoms with van der Waals surface area (Å²) in [5.74, 6) is -1.47. The maximum absolute atomic E-state index is 13.6. The van der Waals surface area contributed by atoms with Crippen molar-refractivity contribution >= 4 is 34.1 Å². The van der Waals surface area contributed by atoms with Gasteiger partial charge in [-0.05, 0) is 35.2 Å². The summed E-state index contributed by atoms with van der Waals surface area (Å²) in [5, 5.41) is 4.97. The highest BCUT2D eigenvalue weighted by Crippen LogP contribution is 2.33. The van der Waals surface area contributed by atoms with Crippen LogP contribution in [0.5, 0.6) is 0 Å². The molecule has 2 aromatic carbocycles. The van der Waals surface area contributed by atoms with Crippen LogP contribution < -0.4 is 11.3 Å². The van der Waals surface area contributed by atoms with E-state index >= 15 is 0 Å². The summed E-state index contributed by atoms with van der Waals surface area (Å²) in [4.78, 5) is 38.6. The highest BCUT2D eigenvalue weighted by molar-refractivity contribution is 6.31. The van der Waals surface area contributed by atoms with Crippen LogP contribution in [0.3, 0.4) is 0 Å². The fourth-order valence-electron chi connectivity index (χ4n) is 4.12. The third-order valence-corrected chi connectivity index (χ3v) is 5.85. The molecule has 0 saturated heterocycles. The number of hydrogen-bond donors (Lipinski definition) is 1. The van der Waals surface area contributed by atoms with Gasteiger partial charge in [-0.2, -0.15) is 18.3 Å². The predicted octanol–water partition coefficient (Wildman–Crippen LogP) is 4.82. The summed E-state index contributed by atoms with van der Waals surface area (Å²) < 4.78 is 40.7. The third kappa shape index (κ3) is 4.90. The van der Waals surface area contributed by atoms with Gasteiger partial charge in [0.05, 0.1) is 17.9 Å². The molecular formula is C25H20ClF3N4O3. The molecule has 1 amide bonds. The average Bonchev–Trinajstić information content (AvgIpc) is 3.21. The van der Waals surface area contributed by atoms with Crippen LogP contribution in [0.1, 0.15) is 40.0 Å². The zero-order valence-corrected chi connectivity index (χ0v) is 19.7. The van der Waals surface area contributed by atoms with Crippen molar-refractivity contribution in [3.05, 3.63) is 87.1 Å². The van der Waals surface area contributed by atoms with E-state index in [-0.39, 0.29) is 35.5 Å². The number of fused-ring (bicyclic) bond motifs is 1. The minimum atomic E-state index is -4.66. The highest BCUT2D eigenvalue weighted by Gasteiger charge is 2.31. The van der Waals surface area contributed by atoms with Crippen molar-refractivity contribution in [2.45, 2.75) is 32.6 Å². The number of nitrogens with zero attached hydrogens (tertiary/aromatic N) is 3. The van der Waals surface area contributed by atoms with Crippen molar-refractivity contribution < 1.29 is 22.8 Å². The Kier molecular flexibility index (Phi) is 6.73. The molecule has 4 rings (SSSR count). The van der Waals surface area contributed by atoms with Gasteiger partial charge in [0.15, 0.2) is 5.78 Å². The number of rotatable bonds is 7. The molecular weight excluding hydrogens is 497 g/mol. The standard InChI is InChI=1S/C25H20ClF3N4O3/c1-2-20(34)22-21(14-6-4-3-5-7-14)18-10-15(26)8-9-17(18)24(36)32(22)12-16-11-19(23(30)35)33(31-16)13-25(27,28)29/h3-11H,2,12-13H2,1H3,(H2,30,35). The molecule has 0 aliphatic heterocycles. The molecule has 7 nitrogen and oxygen atoms in total. The number of alkyl halides is 3. The second-order valence-electron chi connectivity index (χ2n) is 8.11. The van der Waals surface area contributed by atoms with Crippen molar-refractivity contribution in [3.8, 4) is 11.1 Å². The minimum Gasteiger partial charge on any atom is -0.364 e. The Labute approximate surface area is 207 Å². The minimum absolute atomic E-state index is 0.0346. The molecule has 0 saturated carbocycles. The Hall–Kier alpha value is -3.92. The number of nitrogens with two attached hydrogens (primary N) is 1. The van der Waals surface area contributed by atoms with Gasteiger partial charge in [0.2, 0.25) is 0 Å². The second kappa shape index (κ2) is 9.62. The van der Waals surface area contributed by atoms with Crippen LogP contribution in [0.2, 0.25) is 5.02 Å². The van der Waals surface area contributed by atoms with Gasteiger partial charge in [0.1, 0.15) is 12.2 Å². The molecule has 0 aliphatic rings. The lowest BCUT2D eigenvalue weighted by Crippen LogP contribution is -2.28. The summed E-state index contributed by atoms with van der Waals surface area (Å²) in [7, 11) is 0. The van der Waals surface area contributed by atoms with Crippen LogP contribution in [0, 0.1) is 0 Å². The number of aromatic nitrogens is 3. The fraction of sp³-hybridized carbons (Fsp3) is 0.200. The molecule has 0 aliphatic carbocycles. The molecule has 0 radical (unpaired) electrons. The van der Waals surface area contributed by atoms with Gasteiger partial charge in [-0.25, -0.2) is 0 Å². The van der Waals surface area contributed by atoms with Crippen LogP contribution in [0.15, 0.2) is 59.4 Å². The summed E-state index contributed by atoms with van der Waals surface area (Å²) in [6.45, 7) is -0.257. The van der Waals surface area contributed by atoms with E-state index in [9.17, 15) is 27.6 Å². The molecule has 186 valence electrons. The van der Waals surface area contributed by atoms with E-state index in [1.165, 1.54) is 16.7 Å². The Morgan fingerprint density at radius 2 is 1.75 bits per heavy atom. The first kappa shape index (κ1) is 25.2. The summed E-state index contributed by atoms with van der Waals surface area (Å²) >= 11 is 6.23. The molecule has 2 N–H and O–H groups in total. The van der Waals surface area contributed by atoms with Crippen molar-refractivity contribution in [2.75, 3.05) is 0 Å². The average molecular weight is 517 g/mol. The van der Waals surface area contributed by atoms with Gasteiger partial charge >= 0.3 is 6.18 Å². The monoisotopic (exact) mass is 516 g/mol. The zero-order valence-electron chi connectivity index (χ0n) is 19.0. The highest BCUT2D eigenvalue weighted by atomic mass is 35.5. The molecule has 0 spiro atoms.